The van der Waals surface area contributed by atoms with Gasteiger partial charge in [-0.3, -0.25) is 4.79 Å². The molecule has 0 aliphatic rings. The third kappa shape index (κ3) is 7.07. The molecule has 1 heterocycles. The summed E-state index contributed by atoms with van der Waals surface area (Å²) in [6.07, 6.45) is -3.61. The number of benzene rings is 1. The summed E-state index contributed by atoms with van der Waals surface area (Å²) in [6.45, 7) is 3.60. The lowest BCUT2D eigenvalue weighted by Gasteiger charge is -2.20. The predicted molar refractivity (Wildman–Crippen MR) is 106 cm³/mol. The molecule has 0 N–H and O–H groups in total. The zero-order chi connectivity index (χ0) is 22.1. The first-order chi connectivity index (χ1) is 14.2. The molecule has 1 aromatic heterocycles. The van der Waals surface area contributed by atoms with Gasteiger partial charge in [0.25, 0.3) is 0 Å². The average Bonchev–Trinajstić information content (AvgIpc) is 2.70. The average molecular weight is 428 g/mol. The molecule has 0 aliphatic heterocycles. The van der Waals surface area contributed by atoms with Crippen molar-refractivity contribution in [2.75, 3.05) is 13.2 Å². The van der Waals surface area contributed by atoms with Gasteiger partial charge >= 0.3 is 17.8 Å². The molecule has 30 heavy (non-hydrogen) atoms. The zero-order valence-electron chi connectivity index (χ0n) is 17.2. The third-order valence-corrected chi connectivity index (χ3v) is 4.99. The number of hydrogen-bond donors (Lipinski definition) is 0. The third-order valence-electron chi connectivity index (χ3n) is 4.99. The molecule has 5 nitrogen and oxygen atoms in total. The number of carbonyl (C=O) groups excluding carboxylic acids is 1. The van der Waals surface area contributed by atoms with Gasteiger partial charge in [0.1, 0.15) is 11.3 Å². The molecule has 0 fully saturated rings. The lowest BCUT2D eigenvalue weighted by Crippen LogP contribution is -2.24. The van der Waals surface area contributed by atoms with E-state index in [1.807, 2.05) is 6.92 Å². The lowest BCUT2D eigenvalue weighted by atomic mass is 9.97. The van der Waals surface area contributed by atoms with Gasteiger partial charge < -0.3 is 13.9 Å². The Labute approximate surface area is 173 Å². The number of hydrogen-bond acceptors (Lipinski definition) is 5. The maximum atomic E-state index is 13.3. The molecule has 8 heteroatoms. The Balaban J connectivity index is 1.83. The monoisotopic (exact) mass is 428 g/mol. The van der Waals surface area contributed by atoms with E-state index in [0.29, 0.717) is 23.1 Å². The zero-order valence-corrected chi connectivity index (χ0v) is 17.2. The Hall–Kier alpha value is -2.51. The summed E-state index contributed by atoms with van der Waals surface area (Å²) >= 11 is 0. The molecular weight excluding hydrogens is 401 g/mol. The van der Waals surface area contributed by atoms with Crippen LogP contribution < -0.4 is 10.4 Å². The van der Waals surface area contributed by atoms with E-state index in [2.05, 4.69) is 0 Å². The van der Waals surface area contributed by atoms with Crippen LogP contribution in [0.25, 0.3) is 11.0 Å². The highest BCUT2D eigenvalue weighted by molar-refractivity contribution is 5.82. The molecule has 2 atom stereocenters. The Morgan fingerprint density at radius 2 is 1.80 bits per heavy atom. The van der Waals surface area contributed by atoms with Gasteiger partial charge in [0.15, 0.2) is 0 Å². The second-order valence-electron chi connectivity index (χ2n) is 7.27. The van der Waals surface area contributed by atoms with Crippen molar-refractivity contribution in [1.82, 2.24) is 0 Å². The van der Waals surface area contributed by atoms with E-state index in [1.54, 1.807) is 31.2 Å². The van der Waals surface area contributed by atoms with Gasteiger partial charge in [-0.15, -0.1) is 0 Å². The quantitative estimate of drug-likeness (QED) is 0.269. The number of ether oxygens (including phenoxy) is 2. The van der Waals surface area contributed by atoms with Crippen LogP contribution in [0.2, 0.25) is 0 Å². The highest BCUT2D eigenvalue weighted by atomic mass is 19.4. The Morgan fingerprint density at radius 3 is 2.47 bits per heavy atom. The molecule has 0 amide bonds. The second-order valence-corrected chi connectivity index (χ2v) is 7.27. The molecule has 0 spiro atoms. The van der Waals surface area contributed by atoms with Crippen molar-refractivity contribution < 1.29 is 31.9 Å². The minimum absolute atomic E-state index is 0.0158. The first-order valence-electron chi connectivity index (χ1n) is 10.1. The minimum Gasteiger partial charge on any atom is -0.493 e. The Kier molecular flexibility index (Phi) is 8.74. The van der Waals surface area contributed by atoms with Crippen molar-refractivity contribution in [3.8, 4) is 5.75 Å². The summed E-state index contributed by atoms with van der Waals surface area (Å²) in [7, 11) is 0. The summed E-state index contributed by atoms with van der Waals surface area (Å²) < 4.78 is 55.5. The Morgan fingerprint density at radius 1 is 1.13 bits per heavy atom. The maximum absolute atomic E-state index is 13.3. The number of alkyl halides is 3. The standard InChI is InChI=1S/C22H27F3O5/c1-3-15(2)21(27)29-13-7-9-16(22(23,24)25)8-6-12-28-19-14-20(26)30-18-11-5-4-10-17(18)19/h4-5,10-11,14-16H,3,6-9,12-13H2,1-2H3. The van der Waals surface area contributed by atoms with Crippen molar-refractivity contribution in [1.29, 1.82) is 0 Å². The summed E-state index contributed by atoms with van der Waals surface area (Å²) in [5.74, 6) is -1.84. The van der Waals surface area contributed by atoms with Gasteiger partial charge in [0.05, 0.1) is 36.5 Å². The molecule has 2 unspecified atom stereocenters. The van der Waals surface area contributed by atoms with E-state index in [4.69, 9.17) is 13.9 Å². The smallest absolute Gasteiger partial charge is 0.391 e. The van der Waals surface area contributed by atoms with Crippen LogP contribution in [0, 0.1) is 11.8 Å². The topological polar surface area (TPSA) is 65.7 Å². The maximum Gasteiger partial charge on any atom is 0.391 e. The first-order valence-corrected chi connectivity index (χ1v) is 10.1. The van der Waals surface area contributed by atoms with Crippen LogP contribution in [-0.2, 0) is 9.53 Å². The van der Waals surface area contributed by atoms with Crippen LogP contribution in [-0.4, -0.2) is 25.4 Å². The summed E-state index contributed by atoms with van der Waals surface area (Å²) in [6, 6.07) is 7.99. The largest absolute Gasteiger partial charge is 0.493 e. The minimum atomic E-state index is -4.33. The van der Waals surface area contributed by atoms with Gasteiger partial charge in [-0.05, 0) is 44.2 Å². The molecule has 1 aromatic carbocycles. The van der Waals surface area contributed by atoms with Gasteiger partial charge in [0, 0.05) is 0 Å². The normalized spacial score (nSPS) is 13.8. The van der Waals surface area contributed by atoms with Gasteiger partial charge in [-0.25, -0.2) is 4.79 Å². The lowest BCUT2D eigenvalue weighted by molar-refractivity contribution is -0.179. The van der Waals surface area contributed by atoms with Crippen molar-refractivity contribution in [3.05, 3.63) is 40.8 Å². The summed E-state index contributed by atoms with van der Waals surface area (Å²) in [5, 5.41) is 0.590. The molecule has 0 aliphatic carbocycles. The van der Waals surface area contributed by atoms with Crippen LogP contribution in [0.15, 0.2) is 39.5 Å². The van der Waals surface area contributed by atoms with E-state index in [1.165, 1.54) is 6.07 Å². The number of esters is 1. The van der Waals surface area contributed by atoms with Crippen LogP contribution in [0.4, 0.5) is 13.2 Å². The molecule has 166 valence electrons. The van der Waals surface area contributed by atoms with E-state index in [9.17, 15) is 22.8 Å². The fourth-order valence-corrected chi connectivity index (χ4v) is 3.00. The van der Waals surface area contributed by atoms with Crippen molar-refractivity contribution in [2.24, 2.45) is 11.8 Å². The predicted octanol–water partition coefficient (Wildman–Crippen LogP) is 5.50. The SMILES string of the molecule is CCC(C)C(=O)OCCCC(CCCOc1cc(=O)oc2ccccc12)C(F)(F)F. The highest BCUT2D eigenvalue weighted by Crippen LogP contribution is 2.33. The van der Waals surface area contributed by atoms with E-state index in [-0.39, 0.29) is 50.8 Å². The van der Waals surface area contributed by atoms with E-state index < -0.39 is 17.7 Å². The number of para-hydroxylation sites is 1. The number of fused-ring (bicyclic) bond motifs is 1. The molecular formula is C22H27F3O5. The number of carbonyl (C=O) groups is 1. The fraction of sp³-hybridized carbons (Fsp3) is 0.545. The van der Waals surface area contributed by atoms with Gasteiger partial charge in [-0.2, -0.15) is 13.2 Å². The number of halogens is 3. The summed E-state index contributed by atoms with van der Waals surface area (Å²) in [4.78, 5) is 23.2. The van der Waals surface area contributed by atoms with Crippen molar-refractivity contribution >= 4 is 16.9 Å². The number of rotatable bonds is 11. The molecule has 2 rings (SSSR count). The van der Waals surface area contributed by atoms with Crippen molar-refractivity contribution in [2.45, 2.75) is 52.1 Å². The van der Waals surface area contributed by atoms with E-state index in [0.717, 1.165) is 0 Å². The first kappa shape index (κ1) is 23.8. The van der Waals surface area contributed by atoms with Crippen molar-refractivity contribution in [3.63, 3.8) is 0 Å². The van der Waals surface area contributed by atoms with Gasteiger partial charge in [-0.1, -0.05) is 26.0 Å². The molecule has 0 saturated carbocycles. The van der Waals surface area contributed by atoms with E-state index >= 15 is 0 Å². The highest BCUT2D eigenvalue weighted by Gasteiger charge is 2.38. The molecule has 2 aromatic rings. The van der Waals surface area contributed by atoms with Crippen LogP contribution in [0.3, 0.4) is 0 Å². The van der Waals surface area contributed by atoms with Crippen LogP contribution in [0.5, 0.6) is 5.75 Å². The van der Waals surface area contributed by atoms with Crippen LogP contribution in [0.1, 0.15) is 46.0 Å². The fourth-order valence-electron chi connectivity index (χ4n) is 3.00. The Bertz CT molecular complexity index is 875. The molecule has 0 radical (unpaired) electrons. The second kappa shape index (κ2) is 11.0. The van der Waals surface area contributed by atoms with Gasteiger partial charge in [0.2, 0.25) is 0 Å². The molecule has 0 bridgehead atoms. The molecule has 0 saturated heterocycles. The van der Waals surface area contributed by atoms with Crippen LogP contribution >= 0.6 is 0 Å². The summed E-state index contributed by atoms with van der Waals surface area (Å²) in [5.41, 5.74) is -0.219.